The maximum Gasteiger partial charge on any atom is 0.255 e. The van der Waals surface area contributed by atoms with E-state index in [-0.39, 0.29) is 5.91 Å². The van der Waals surface area contributed by atoms with Crippen LogP contribution >= 0.6 is 0 Å². The minimum Gasteiger partial charge on any atom is -0.383 e. The number of nitrogens with zero attached hydrogens (tertiary/aromatic N) is 2. The van der Waals surface area contributed by atoms with Crippen LogP contribution in [-0.4, -0.2) is 52.7 Å². The number of aromatic nitrogens is 2. The van der Waals surface area contributed by atoms with E-state index in [4.69, 9.17) is 16.1 Å². The second kappa shape index (κ2) is 9.28. The topological polar surface area (TPSA) is 123 Å². The smallest absolute Gasteiger partial charge is 0.255 e. The number of likely N-dealkylation sites (tertiary alicyclic amines) is 1. The van der Waals surface area contributed by atoms with E-state index in [1.54, 1.807) is 18.2 Å². The predicted molar refractivity (Wildman–Crippen MR) is 125 cm³/mol. The largest absolute Gasteiger partial charge is 0.383 e. The molecule has 1 saturated heterocycles. The molecular formula is C23H29N7O. The molecule has 0 spiro atoms. The molecule has 8 heteroatoms. The number of H-pyrrole nitrogens is 1. The second-order valence-electron chi connectivity index (χ2n) is 7.99. The van der Waals surface area contributed by atoms with Crippen molar-refractivity contribution in [2.75, 3.05) is 30.3 Å². The fourth-order valence-electron chi connectivity index (χ4n) is 4.03. The van der Waals surface area contributed by atoms with Gasteiger partial charge in [-0.1, -0.05) is 0 Å². The molecule has 0 aliphatic carbocycles. The van der Waals surface area contributed by atoms with Gasteiger partial charge in [0, 0.05) is 47.8 Å². The first-order valence-corrected chi connectivity index (χ1v) is 10.7. The lowest BCUT2D eigenvalue weighted by Crippen LogP contribution is -2.26. The number of amides is 1. The number of hydrogen-bond acceptors (Lipinski definition) is 6. The Bertz CT molecular complexity index is 1090. The van der Waals surface area contributed by atoms with Crippen molar-refractivity contribution in [1.29, 1.82) is 5.41 Å². The first-order valence-electron chi connectivity index (χ1n) is 10.7. The number of rotatable bonds is 8. The minimum atomic E-state index is -0.224. The fourth-order valence-corrected chi connectivity index (χ4v) is 4.03. The van der Waals surface area contributed by atoms with Gasteiger partial charge in [-0.15, -0.1) is 0 Å². The summed E-state index contributed by atoms with van der Waals surface area (Å²) in [6.07, 6.45) is 3.70. The summed E-state index contributed by atoms with van der Waals surface area (Å²) in [5, 5.41) is 13.7. The van der Waals surface area contributed by atoms with Crippen LogP contribution in [-0.2, 0) is 6.54 Å². The van der Waals surface area contributed by atoms with Crippen molar-refractivity contribution >= 4 is 34.5 Å². The molecule has 0 unspecified atom stereocenters. The standard InChI is InChI=1S/C23H29N7O/c1-15-3-2-10-30(15)14-22-28-20-7-5-18(12-21(20)29-22)27-23(31)16-4-6-19(26-9-8-24)17(11-16)13-25/h4-7,11-13,15,25-26H,2-3,8-10,14,24H2,1H3,(H,27,31)(H,28,29)/t15-/m0/s1. The van der Waals surface area contributed by atoms with Gasteiger partial charge < -0.3 is 26.8 Å². The van der Waals surface area contributed by atoms with Gasteiger partial charge in [0.2, 0.25) is 0 Å². The van der Waals surface area contributed by atoms with E-state index >= 15 is 0 Å². The Labute approximate surface area is 181 Å². The number of carbonyl (C=O) groups excluding carboxylic acids is 1. The van der Waals surface area contributed by atoms with Gasteiger partial charge in [0.05, 0.1) is 17.6 Å². The molecule has 31 heavy (non-hydrogen) atoms. The van der Waals surface area contributed by atoms with Crippen molar-refractivity contribution in [3.63, 3.8) is 0 Å². The molecule has 0 radical (unpaired) electrons. The van der Waals surface area contributed by atoms with E-state index in [1.165, 1.54) is 19.1 Å². The molecule has 1 fully saturated rings. The highest BCUT2D eigenvalue weighted by molar-refractivity contribution is 6.06. The number of anilines is 2. The Morgan fingerprint density at radius 3 is 2.97 bits per heavy atom. The van der Waals surface area contributed by atoms with Gasteiger partial charge in [-0.25, -0.2) is 4.98 Å². The van der Waals surface area contributed by atoms with Gasteiger partial charge in [0.25, 0.3) is 5.91 Å². The molecule has 4 rings (SSSR count). The lowest BCUT2D eigenvalue weighted by atomic mass is 10.1. The lowest BCUT2D eigenvalue weighted by Gasteiger charge is -2.19. The van der Waals surface area contributed by atoms with E-state index < -0.39 is 0 Å². The maximum atomic E-state index is 12.8. The van der Waals surface area contributed by atoms with Crippen molar-refractivity contribution in [3.8, 4) is 0 Å². The molecule has 1 aromatic heterocycles. The summed E-state index contributed by atoms with van der Waals surface area (Å²) in [7, 11) is 0. The zero-order chi connectivity index (χ0) is 21.8. The van der Waals surface area contributed by atoms with E-state index in [1.807, 2.05) is 18.2 Å². The Kier molecular flexibility index (Phi) is 6.29. The van der Waals surface area contributed by atoms with Crippen LogP contribution in [0.25, 0.3) is 11.0 Å². The first kappa shape index (κ1) is 21.0. The van der Waals surface area contributed by atoms with Gasteiger partial charge >= 0.3 is 0 Å². The molecule has 162 valence electrons. The van der Waals surface area contributed by atoms with E-state index in [0.717, 1.165) is 35.6 Å². The summed E-state index contributed by atoms with van der Waals surface area (Å²) >= 11 is 0. The number of nitrogens with two attached hydrogens (primary N) is 1. The molecule has 1 aliphatic heterocycles. The summed E-state index contributed by atoms with van der Waals surface area (Å²) in [6, 6.07) is 11.5. The van der Waals surface area contributed by atoms with Crippen molar-refractivity contribution < 1.29 is 4.79 Å². The van der Waals surface area contributed by atoms with Crippen molar-refractivity contribution in [2.24, 2.45) is 5.73 Å². The maximum absolute atomic E-state index is 12.8. The van der Waals surface area contributed by atoms with Crippen LogP contribution in [0.15, 0.2) is 36.4 Å². The fraction of sp³-hybridized carbons (Fsp3) is 0.348. The highest BCUT2D eigenvalue weighted by Gasteiger charge is 2.21. The average Bonchev–Trinajstić information content (AvgIpc) is 3.37. The summed E-state index contributed by atoms with van der Waals surface area (Å²) in [5.74, 6) is 0.724. The highest BCUT2D eigenvalue weighted by atomic mass is 16.1. The first-order chi connectivity index (χ1) is 15.1. The van der Waals surface area contributed by atoms with Gasteiger partial charge in [0.1, 0.15) is 5.82 Å². The van der Waals surface area contributed by atoms with Crippen LogP contribution in [0.1, 0.15) is 41.5 Å². The number of hydrogen-bond donors (Lipinski definition) is 5. The van der Waals surface area contributed by atoms with Gasteiger partial charge in [0.15, 0.2) is 0 Å². The molecule has 1 amide bonds. The normalized spacial score (nSPS) is 16.5. The monoisotopic (exact) mass is 419 g/mol. The third-order valence-electron chi connectivity index (χ3n) is 5.76. The minimum absolute atomic E-state index is 0.224. The molecule has 2 heterocycles. The molecule has 0 bridgehead atoms. The van der Waals surface area contributed by atoms with E-state index in [0.29, 0.717) is 35.9 Å². The predicted octanol–water partition coefficient (Wildman–Crippen LogP) is 3.17. The highest BCUT2D eigenvalue weighted by Crippen LogP contribution is 2.22. The van der Waals surface area contributed by atoms with Crippen LogP contribution in [0.3, 0.4) is 0 Å². The van der Waals surface area contributed by atoms with Crippen LogP contribution in [0, 0.1) is 5.41 Å². The van der Waals surface area contributed by atoms with Crippen LogP contribution in [0.5, 0.6) is 0 Å². The Morgan fingerprint density at radius 2 is 2.23 bits per heavy atom. The summed E-state index contributed by atoms with van der Waals surface area (Å²) in [4.78, 5) is 23.3. The summed E-state index contributed by atoms with van der Waals surface area (Å²) in [5.41, 5.74) is 9.94. The molecule has 3 aromatic rings. The number of fused-ring (bicyclic) bond motifs is 1. The lowest BCUT2D eigenvalue weighted by molar-refractivity contribution is 0.102. The Hall–Kier alpha value is -3.23. The Balaban J connectivity index is 1.47. The zero-order valence-electron chi connectivity index (χ0n) is 17.7. The van der Waals surface area contributed by atoms with Crippen LogP contribution < -0.4 is 16.4 Å². The van der Waals surface area contributed by atoms with Gasteiger partial charge in [-0.2, -0.15) is 0 Å². The molecule has 2 aromatic carbocycles. The van der Waals surface area contributed by atoms with Crippen LogP contribution in [0.4, 0.5) is 11.4 Å². The molecule has 1 atom stereocenters. The van der Waals surface area contributed by atoms with E-state index in [9.17, 15) is 4.79 Å². The third kappa shape index (κ3) is 4.76. The molecular weight excluding hydrogens is 390 g/mol. The number of carbonyl (C=O) groups is 1. The van der Waals surface area contributed by atoms with Crippen LogP contribution in [0.2, 0.25) is 0 Å². The van der Waals surface area contributed by atoms with E-state index in [2.05, 4.69) is 27.4 Å². The van der Waals surface area contributed by atoms with Crippen molar-refractivity contribution in [2.45, 2.75) is 32.4 Å². The third-order valence-corrected chi connectivity index (χ3v) is 5.76. The molecule has 6 N–H and O–H groups in total. The van der Waals surface area contributed by atoms with Crippen molar-refractivity contribution in [1.82, 2.24) is 14.9 Å². The summed E-state index contributed by atoms with van der Waals surface area (Å²) in [6.45, 7) is 5.28. The second-order valence-corrected chi connectivity index (χ2v) is 7.99. The summed E-state index contributed by atoms with van der Waals surface area (Å²) < 4.78 is 0. The molecule has 1 aliphatic rings. The van der Waals surface area contributed by atoms with Gasteiger partial charge in [-0.3, -0.25) is 9.69 Å². The van der Waals surface area contributed by atoms with Crippen molar-refractivity contribution in [3.05, 3.63) is 53.3 Å². The zero-order valence-corrected chi connectivity index (χ0v) is 17.7. The quantitative estimate of drug-likeness (QED) is 0.359. The number of imidazole rings is 1. The molecule has 0 saturated carbocycles. The number of benzene rings is 2. The number of aromatic amines is 1. The average molecular weight is 420 g/mol. The Morgan fingerprint density at radius 1 is 1.35 bits per heavy atom. The van der Waals surface area contributed by atoms with Gasteiger partial charge in [-0.05, 0) is 62.7 Å². The number of nitrogens with one attached hydrogen (secondary N) is 4. The molecule has 8 nitrogen and oxygen atoms in total. The SMILES string of the molecule is C[C@H]1CCCN1Cc1nc2ccc(NC(=O)c3ccc(NCCN)c(C=N)c3)cc2[nH]1.